The van der Waals surface area contributed by atoms with Crippen LogP contribution in [0.1, 0.15) is 37.7 Å². The van der Waals surface area contributed by atoms with Gasteiger partial charge in [0, 0.05) is 12.5 Å². The largest absolute Gasteiger partial charge is 0.496 e. The van der Waals surface area contributed by atoms with Gasteiger partial charge in [0.05, 0.1) is 12.7 Å². The van der Waals surface area contributed by atoms with Crippen LogP contribution in [0.3, 0.4) is 0 Å². The third-order valence-corrected chi connectivity index (χ3v) is 6.90. The molecule has 0 saturated heterocycles. The molecule has 4 saturated carbocycles. The minimum Gasteiger partial charge on any atom is -0.496 e. The lowest BCUT2D eigenvalue weighted by Crippen LogP contribution is -2.53. The van der Waals surface area contributed by atoms with Crippen molar-refractivity contribution >= 4 is 16.8 Å². The highest BCUT2D eigenvalue weighted by Crippen LogP contribution is 2.59. The Morgan fingerprint density at radius 1 is 1.00 bits per heavy atom. The Labute approximate surface area is 149 Å². The molecule has 0 amide bonds. The van der Waals surface area contributed by atoms with Crippen LogP contribution in [0.25, 0.3) is 16.8 Å². The number of ether oxygens (including phenoxy) is 2. The molecular weight excluding hydrogens is 308 g/mol. The lowest BCUT2D eigenvalue weighted by molar-refractivity contribution is -0.0997. The fourth-order valence-electron chi connectivity index (χ4n) is 6.03. The van der Waals surface area contributed by atoms with E-state index >= 15 is 0 Å². The Balaban J connectivity index is 1.58. The van der Waals surface area contributed by atoms with Crippen molar-refractivity contribution in [2.24, 2.45) is 17.8 Å². The lowest BCUT2D eigenvalue weighted by Gasteiger charge is -2.57. The highest BCUT2D eigenvalue weighted by molar-refractivity contribution is 5.90. The highest BCUT2D eigenvalue weighted by atomic mass is 16.5. The molecule has 0 heterocycles. The van der Waals surface area contributed by atoms with E-state index in [9.17, 15) is 0 Å². The molecule has 2 heteroatoms. The van der Waals surface area contributed by atoms with E-state index in [2.05, 4.69) is 36.4 Å². The van der Waals surface area contributed by atoms with Gasteiger partial charge in [0.15, 0.2) is 0 Å². The van der Waals surface area contributed by atoms with Crippen molar-refractivity contribution in [1.29, 1.82) is 0 Å². The molecule has 130 valence electrons. The molecule has 4 aliphatic carbocycles. The van der Waals surface area contributed by atoms with Crippen LogP contribution in [0.5, 0.6) is 5.75 Å². The van der Waals surface area contributed by atoms with Crippen LogP contribution < -0.4 is 4.74 Å². The summed E-state index contributed by atoms with van der Waals surface area (Å²) in [6.45, 7) is 0. The summed E-state index contributed by atoms with van der Waals surface area (Å²) in [6.07, 6.45) is 9.06. The zero-order chi connectivity index (χ0) is 17.0. The summed E-state index contributed by atoms with van der Waals surface area (Å²) in [5, 5.41) is 2.42. The summed E-state index contributed by atoms with van der Waals surface area (Å²) in [5.74, 6) is 3.44. The maximum atomic E-state index is 6.17. The molecule has 4 aliphatic rings. The zero-order valence-corrected chi connectivity index (χ0v) is 15.1. The van der Waals surface area contributed by atoms with Crippen molar-refractivity contribution in [3.8, 4) is 5.75 Å². The number of hydrogen-bond acceptors (Lipinski definition) is 2. The van der Waals surface area contributed by atoms with Gasteiger partial charge in [-0.05, 0) is 78.5 Å². The summed E-state index contributed by atoms with van der Waals surface area (Å²) >= 11 is 0. The van der Waals surface area contributed by atoms with Gasteiger partial charge >= 0.3 is 0 Å². The second-order valence-electron chi connectivity index (χ2n) is 8.28. The third-order valence-electron chi connectivity index (χ3n) is 6.90. The fraction of sp³-hybridized carbons (Fsp3) is 0.478. The van der Waals surface area contributed by atoms with E-state index in [1.807, 2.05) is 13.2 Å². The molecule has 6 rings (SSSR count). The second-order valence-corrected chi connectivity index (χ2v) is 8.28. The van der Waals surface area contributed by atoms with E-state index < -0.39 is 0 Å². The molecule has 2 unspecified atom stereocenters. The normalized spacial score (nSPS) is 34.8. The first kappa shape index (κ1) is 15.5. The van der Waals surface area contributed by atoms with Crippen molar-refractivity contribution in [2.45, 2.75) is 37.7 Å². The van der Waals surface area contributed by atoms with Crippen LogP contribution in [0.15, 0.2) is 42.0 Å². The van der Waals surface area contributed by atoms with Gasteiger partial charge in [0.25, 0.3) is 0 Å². The topological polar surface area (TPSA) is 18.5 Å². The first-order chi connectivity index (χ1) is 12.2. The molecule has 4 bridgehead atoms. The van der Waals surface area contributed by atoms with Crippen molar-refractivity contribution in [2.75, 3.05) is 14.2 Å². The van der Waals surface area contributed by atoms with Crippen molar-refractivity contribution in [3.63, 3.8) is 0 Å². The highest BCUT2D eigenvalue weighted by Gasteiger charge is 2.54. The summed E-state index contributed by atoms with van der Waals surface area (Å²) in [6, 6.07) is 13.0. The van der Waals surface area contributed by atoms with E-state index in [-0.39, 0.29) is 5.60 Å². The van der Waals surface area contributed by atoms with Crippen molar-refractivity contribution < 1.29 is 9.47 Å². The van der Waals surface area contributed by atoms with Gasteiger partial charge in [-0.3, -0.25) is 0 Å². The molecule has 2 atom stereocenters. The Hall–Kier alpha value is -1.80. The van der Waals surface area contributed by atoms with Gasteiger partial charge in [-0.25, -0.2) is 0 Å². The number of methoxy groups -OCH3 is 2. The lowest BCUT2D eigenvalue weighted by atomic mass is 9.52. The molecule has 2 aromatic carbocycles. The zero-order valence-electron chi connectivity index (χ0n) is 15.1. The predicted molar refractivity (Wildman–Crippen MR) is 102 cm³/mol. The Morgan fingerprint density at radius 2 is 1.80 bits per heavy atom. The van der Waals surface area contributed by atoms with Gasteiger partial charge in [-0.1, -0.05) is 30.3 Å². The first-order valence-electron chi connectivity index (χ1n) is 9.55. The van der Waals surface area contributed by atoms with Gasteiger partial charge < -0.3 is 9.47 Å². The Morgan fingerprint density at radius 3 is 2.52 bits per heavy atom. The van der Waals surface area contributed by atoms with Gasteiger partial charge in [0.2, 0.25) is 0 Å². The number of fused-ring (bicyclic) bond motifs is 1. The molecule has 0 radical (unpaired) electrons. The van der Waals surface area contributed by atoms with Crippen LogP contribution in [0.2, 0.25) is 0 Å². The van der Waals surface area contributed by atoms with E-state index in [1.165, 1.54) is 48.4 Å². The van der Waals surface area contributed by atoms with Gasteiger partial charge in [-0.15, -0.1) is 0 Å². The summed E-state index contributed by atoms with van der Waals surface area (Å²) in [5.41, 5.74) is 2.86. The molecule has 0 spiro atoms. The third kappa shape index (κ3) is 2.34. The minimum atomic E-state index is 0.0120. The SMILES string of the molecule is COc1cccc2cc(C=C3C4CC5CC(C4)CC3(OC)C5)ccc12. The first-order valence-corrected chi connectivity index (χ1v) is 9.55. The van der Waals surface area contributed by atoms with E-state index in [4.69, 9.17) is 9.47 Å². The number of benzene rings is 2. The number of hydrogen-bond donors (Lipinski definition) is 0. The van der Waals surface area contributed by atoms with Gasteiger partial charge in [-0.2, -0.15) is 0 Å². The minimum absolute atomic E-state index is 0.0120. The average molecular weight is 334 g/mol. The second kappa shape index (κ2) is 5.60. The van der Waals surface area contributed by atoms with Crippen molar-refractivity contribution in [1.82, 2.24) is 0 Å². The van der Waals surface area contributed by atoms with E-state index in [0.29, 0.717) is 0 Å². The summed E-state index contributed by atoms with van der Waals surface area (Å²) in [7, 11) is 3.66. The van der Waals surface area contributed by atoms with Crippen LogP contribution in [-0.2, 0) is 4.74 Å². The number of rotatable bonds is 3. The van der Waals surface area contributed by atoms with E-state index in [1.54, 1.807) is 12.7 Å². The van der Waals surface area contributed by atoms with Crippen LogP contribution in [-0.4, -0.2) is 19.8 Å². The molecule has 25 heavy (non-hydrogen) atoms. The fourth-order valence-corrected chi connectivity index (χ4v) is 6.03. The standard InChI is InChI=1S/C23H26O2/c1-24-22-5-3-4-18-9-15(6-7-20(18)22)12-21-19-10-16-8-17(11-19)14-23(21,13-16)25-2/h3-7,9,12,16-17,19H,8,10-11,13-14H2,1-2H3. The molecule has 2 nitrogen and oxygen atoms in total. The quantitative estimate of drug-likeness (QED) is 0.742. The Kier molecular flexibility index (Phi) is 3.46. The molecule has 4 fully saturated rings. The molecule has 0 aromatic heterocycles. The molecule has 2 aromatic rings. The molecule has 0 aliphatic heterocycles. The summed E-state index contributed by atoms with van der Waals surface area (Å²) in [4.78, 5) is 0. The molecule has 0 N–H and O–H groups in total. The van der Waals surface area contributed by atoms with Crippen molar-refractivity contribution in [3.05, 3.63) is 47.5 Å². The average Bonchev–Trinajstić information content (AvgIpc) is 2.63. The van der Waals surface area contributed by atoms with Crippen LogP contribution in [0, 0.1) is 17.8 Å². The van der Waals surface area contributed by atoms with Gasteiger partial charge in [0.1, 0.15) is 5.75 Å². The van der Waals surface area contributed by atoms with Crippen LogP contribution >= 0.6 is 0 Å². The maximum Gasteiger partial charge on any atom is 0.126 e. The monoisotopic (exact) mass is 334 g/mol. The Bertz CT molecular complexity index is 836. The smallest absolute Gasteiger partial charge is 0.126 e. The maximum absolute atomic E-state index is 6.17. The van der Waals surface area contributed by atoms with E-state index in [0.717, 1.165) is 23.5 Å². The summed E-state index contributed by atoms with van der Waals surface area (Å²) < 4.78 is 11.7. The molecular formula is C23H26O2. The van der Waals surface area contributed by atoms with Crippen LogP contribution in [0.4, 0.5) is 0 Å². The predicted octanol–water partition coefficient (Wildman–Crippen LogP) is 5.46.